The molecule has 0 aliphatic carbocycles. The lowest BCUT2D eigenvalue weighted by Crippen LogP contribution is -1.95. The molecule has 1 N–H and O–H groups in total. The zero-order chi connectivity index (χ0) is 12.8. The van der Waals surface area contributed by atoms with Crippen LogP contribution in [-0.4, -0.2) is 24.1 Å². The van der Waals surface area contributed by atoms with E-state index in [1.165, 1.54) is 24.4 Å². The summed E-state index contributed by atoms with van der Waals surface area (Å²) in [4.78, 5) is 10.9. The van der Waals surface area contributed by atoms with Gasteiger partial charge in [-0.05, 0) is 18.2 Å². The second kappa shape index (κ2) is 3.75. The smallest absolute Gasteiger partial charge is 0.337 e. The highest BCUT2D eigenvalue weighted by Gasteiger charge is 2.16. The maximum atomic E-state index is 11.2. The molecule has 5 nitrogen and oxygen atoms in total. The first-order valence-corrected chi connectivity index (χ1v) is 6.88. The number of aryl methyl sites for hydroxylation is 1. The van der Waals surface area contributed by atoms with Gasteiger partial charge in [-0.3, -0.25) is 0 Å². The Balaban J connectivity index is 2.84. The molecule has 17 heavy (non-hydrogen) atoms. The molecule has 0 aliphatic heterocycles. The number of halogens is 1. The van der Waals surface area contributed by atoms with Gasteiger partial charge in [0, 0.05) is 34.8 Å². The van der Waals surface area contributed by atoms with Crippen molar-refractivity contribution in [3.63, 3.8) is 0 Å². The van der Waals surface area contributed by atoms with Crippen LogP contribution in [0.5, 0.6) is 0 Å². The molecule has 2 rings (SSSR count). The Kier molecular flexibility index (Phi) is 2.63. The van der Waals surface area contributed by atoms with E-state index < -0.39 is 15.0 Å². The summed E-state index contributed by atoms with van der Waals surface area (Å²) in [6, 6.07) is 4.13. The third kappa shape index (κ3) is 2.01. The predicted octanol–water partition coefficient (Wildman–Crippen LogP) is 1.80. The summed E-state index contributed by atoms with van der Waals surface area (Å²) in [5, 5.41) is 9.34. The topological polar surface area (TPSA) is 76.4 Å². The second-order valence-electron chi connectivity index (χ2n) is 3.58. The first-order chi connectivity index (χ1) is 7.80. The maximum absolute atomic E-state index is 11.2. The number of aromatic nitrogens is 1. The summed E-state index contributed by atoms with van der Waals surface area (Å²) in [5.74, 6) is -1.11. The molecule has 1 aromatic heterocycles. The van der Waals surface area contributed by atoms with Crippen molar-refractivity contribution >= 4 is 36.6 Å². The predicted molar refractivity (Wildman–Crippen MR) is 62.9 cm³/mol. The number of hydrogen-bond donors (Lipinski definition) is 1. The van der Waals surface area contributed by atoms with Crippen LogP contribution in [0.1, 0.15) is 10.4 Å². The van der Waals surface area contributed by atoms with E-state index in [4.69, 9.17) is 15.8 Å². The van der Waals surface area contributed by atoms with E-state index in [0.29, 0.717) is 10.9 Å². The molecule has 0 amide bonds. The molecular formula is C10H8ClNO4S. The molecule has 1 heterocycles. The fourth-order valence-electron chi connectivity index (χ4n) is 1.69. The Hall–Kier alpha value is -1.53. The molecule has 0 unspecified atom stereocenters. The van der Waals surface area contributed by atoms with Crippen LogP contribution in [0.3, 0.4) is 0 Å². The zero-order valence-electron chi connectivity index (χ0n) is 8.71. The monoisotopic (exact) mass is 273 g/mol. The summed E-state index contributed by atoms with van der Waals surface area (Å²) < 4.78 is 24.0. The second-order valence-corrected chi connectivity index (χ2v) is 6.14. The molecule has 0 atom stereocenters. The van der Waals surface area contributed by atoms with Gasteiger partial charge in [0.15, 0.2) is 0 Å². The van der Waals surface area contributed by atoms with Crippen molar-refractivity contribution in [2.45, 2.75) is 4.90 Å². The van der Waals surface area contributed by atoms with Crippen molar-refractivity contribution in [2.75, 3.05) is 0 Å². The number of nitrogens with zero attached hydrogens (tertiary/aromatic N) is 1. The molecule has 0 saturated carbocycles. The van der Waals surface area contributed by atoms with E-state index in [9.17, 15) is 13.2 Å². The van der Waals surface area contributed by atoms with Crippen LogP contribution < -0.4 is 0 Å². The molecule has 0 spiro atoms. The van der Waals surface area contributed by atoms with Gasteiger partial charge in [-0.2, -0.15) is 0 Å². The lowest BCUT2D eigenvalue weighted by atomic mass is 10.2. The molecule has 0 bridgehead atoms. The number of fused-ring (bicyclic) bond motifs is 1. The highest BCUT2D eigenvalue weighted by Crippen LogP contribution is 2.25. The zero-order valence-corrected chi connectivity index (χ0v) is 10.3. The van der Waals surface area contributed by atoms with Crippen LogP contribution >= 0.6 is 10.7 Å². The van der Waals surface area contributed by atoms with Gasteiger partial charge in [0.1, 0.15) is 0 Å². The third-order valence-electron chi connectivity index (χ3n) is 2.47. The molecule has 0 fully saturated rings. The molecule has 90 valence electrons. The van der Waals surface area contributed by atoms with Gasteiger partial charge >= 0.3 is 5.97 Å². The minimum atomic E-state index is -3.86. The summed E-state index contributed by atoms with van der Waals surface area (Å²) in [6.07, 6.45) is 1.43. The number of rotatable bonds is 2. The van der Waals surface area contributed by atoms with E-state index in [1.54, 1.807) is 11.6 Å². The molecule has 1 aromatic carbocycles. The van der Waals surface area contributed by atoms with E-state index in [2.05, 4.69) is 0 Å². The summed E-state index contributed by atoms with van der Waals surface area (Å²) in [7, 11) is 3.04. The van der Waals surface area contributed by atoms with Crippen molar-refractivity contribution in [1.82, 2.24) is 4.57 Å². The Morgan fingerprint density at radius 3 is 2.59 bits per heavy atom. The van der Waals surface area contributed by atoms with Gasteiger partial charge in [-0.25, -0.2) is 13.2 Å². The number of benzene rings is 1. The number of carbonyl (C=O) groups is 1. The van der Waals surface area contributed by atoms with Crippen molar-refractivity contribution in [3.8, 4) is 0 Å². The molecule has 7 heteroatoms. The summed E-state index contributed by atoms with van der Waals surface area (Å²) in [5.41, 5.74) is 0.677. The standard InChI is InChI=1S/C10H8ClNO4S/c1-12-5-8(10(13)14)7-4-6(17(11,15)16)2-3-9(7)12/h2-5H,1H3,(H,13,14). The molecule has 2 aromatic rings. The molecule has 0 radical (unpaired) electrons. The minimum Gasteiger partial charge on any atom is -0.478 e. The van der Waals surface area contributed by atoms with Crippen LogP contribution in [0.25, 0.3) is 10.9 Å². The summed E-state index contributed by atoms with van der Waals surface area (Å²) in [6.45, 7) is 0. The normalized spacial score (nSPS) is 11.9. The van der Waals surface area contributed by atoms with E-state index in [1.807, 2.05) is 0 Å². The Bertz CT molecular complexity index is 717. The molecular weight excluding hydrogens is 266 g/mol. The first-order valence-electron chi connectivity index (χ1n) is 4.58. The van der Waals surface area contributed by atoms with E-state index >= 15 is 0 Å². The molecule has 0 aliphatic rings. The van der Waals surface area contributed by atoms with Crippen molar-refractivity contribution in [1.29, 1.82) is 0 Å². The lowest BCUT2D eigenvalue weighted by molar-refractivity contribution is 0.0699. The van der Waals surface area contributed by atoms with E-state index in [-0.39, 0.29) is 10.5 Å². The van der Waals surface area contributed by atoms with Gasteiger partial charge in [0.25, 0.3) is 9.05 Å². The molecule has 0 saturated heterocycles. The first kappa shape index (κ1) is 11.9. The van der Waals surface area contributed by atoms with Crippen molar-refractivity contribution in [2.24, 2.45) is 7.05 Å². The SMILES string of the molecule is Cn1cc(C(=O)O)c2cc(S(=O)(=O)Cl)ccc21. The lowest BCUT2D eigenvalue weighted by Gasteiger charge is -1.99. The Labute approximate surface area is 102 Å². The summed E-state index contributed by atoms with van der Waals surface area (Å²) >= 11 is 0. The maximum Gasteiger partial charge on any atom is 0.337 e. The highest BCUT2D eigenvalue weighted by atomic mass is 35.7. The van der Waals surface area contributed by atoms with Crippen molar-refractivity contribution in [3.05, 3.63) is 30.0 Å². The number of hydrogen-bond acceptors (Lipinski definition) is 3. The van der Waals surface area contributed by atoms with Crippen LogP contribution in [0.2, 0.25) is 0 Å². The van der Waals surface area contributed by atoms with Gasteiger partial charge < -0.3 is 9.67 Å². The minimum absolute atomic E-state index is 0.0460. The average Bonchev–Trinajstić information content (AvgIpc) is 2.54. The fraction of sp³-hybridized carbons (Fsp3) is 0.100. The number of carboxylic acids is 1. The van der Waals surface area contributed by atoms with Gasteiger partial charge in [0.05, 0.1) is 10.5 Å². The van der Waals surface area contributed by atoms with Crippen molar-refractivity contribution < 1.29 is 18.3 Å². The third-order valence-corrected chi connectivity index (χ3v) is 3.82. The largest absolute Gasteiger partial charge is 0.478 e. The number of aromatic carboxylic acids is 1. The van der Waals surface area contributed by atoms with Crippen LogP contribution in [0.4, 0.5) is 0 Å². The fourth-order valence-corrected chi connectivity index (χ4v) is 2.47. The van der Waals surface area contributed by atoms with Gasteiger partial charge in [0.2, 0.25) is 0 Å². The van der Waals surface area contributed by atoms with E-state index in [0.717, 1.165) is 0 Å². The quantitative estimate of drug-likeness (QED) is 0.847. The Morgan fingerprint density at radius 2 is 2.06 bits per heavy atom. The number of carboxylic acid groups (broad SMARTS) is 1. The Morgan fingerprint density at radius 1 is 1.41 bits per heavy atom. The van der Waals surface area contributed by atoms with Crippen LogP contribution in [0, 0.1) is 0 Å². The highest BCUT2D eigenvalue weighted by molar-refractivity contribution is 8.13. The van der Waals surface area contributed by atoms with Gasteiger partial charge in [-0.15, -0.1) is 0 Å². The van der Waals surface area contributed by atoms with Gasteiger partial charge in [-0.1, -0.05) is 0 Å². The average molecular weight is 274 g/mol. The van der Waals surface area contributed by atoms with Crippen LogP contribution in [0.15, 0.2) is 29.3 Å². The van der Waals surface area contributed by atoms with Crippen LogP contribution in [-0.2, 0) is 16.1 Å².